The fraction of sp³-hybridized carbons (Fsp3) is 0.462. The van der Waals surface area contributed by atoms with Gasteiger partial charge in [0.25, 0.3) is 0 Å². The van der Waals surface area contributed by atoms with Gasteiger partial charge >= 0.3 is 0 Å². The summed E-state index contributed by atoms with van der Waals surface area (Å²) in [6.07, 6.45) is 6.44. The fourth-order valence-electron chi connectivity index (χ4n) is 4.50. The molecular weight excluding hydrogens is 549 g/mol. The Kier molecular flexibility index (Phi) is 9.90. The largest absolute Gasteiger partial charge is 0.352 e. The number of anilines is 1. The van der Waals surface area contributed by atoms with Crippen molar-refractivity contribution in [1.82, 2.24) is 10.2 Å². The topological polar surface area (TPSA) is 86.8 Å². The Labute approximate surface area is 221 Å². The Hall–Kier alpha value is -2.46. The molecule has 0 unspecified atom stereocenters. The number of halogens is 2. The van der Waals surface area contributed by atoms with Crippen molar-refractivity contribution in [1.29, 1.82) is 0 Å². The number of carbonyl (C=O) groups excluding carboxylic acids is 2. The number of carbonyl (C=O) groups is 2. The maximum Gasteiger partial charge on any atom is 0.244 e. The van der Waals surface area contributed by atoms with Crippen molar-refractivity contribution >= 4 is 43.5 Å². The van der Waals surface area contributed by atoms with Crippen LogP contribution in [0, 0.1) is 5.82 Å². The second-order valence-corrected chi connectivity index (χ2v) is 12.0. The lowest BCUT2D eigenvalue weighted by atomic mass is 9.95. The molecule has 7 nitrogen and oxygen atoms in total. The van der Waals surface area contributed by atoms with Crippen LogP contribution in [-0.2, 0) is 26.2 Å². The number of amides is 2. The molecule has 1 saturated carbocycles. The molecule has 0 bridgehead atoms. The van der Waals surface area contributed by atoms with Crippen molar-refractivity contribution in [3.8, 4) is 0 Å². The molecule has 1 N–H and O–H groups in total. The van der Waals surface area contributed by atoms with Crippen LogP contribution >= 0.6 is 15.9 Å². The molecule has 2 amide bonds. The van der Waals surface area contributed by atoms with E-state index in [-0.39, 0.29) is 18.5 Å². The van der Waals surface area contributed by atoms with E-state index in [9.17, 15) is 22.4 Å². The highest BCUT2D eigenvalue weighted by Crippen LogP contribution is 2.24. The lowest BCUT2D eigenvalue weighted by Crippen LogP contribution is -2.53. The van der Waals surface area contributed by atoms with Crippen LogP contribution < -0.4 is 9.62 Å². The zero-order valence-electron chi connectivity index (χ0n) is 20.6. The number of nitrogens with zero attached hydrogens (tertiary/aromatic N) is 2. The maximum absolute atomic E-state index is 13.7. The van der Waals surface area contributed by atoms with Gasteiger partial charge in [0, 0.05) is 17.1 Å². The number of benzene rings is 2. The van der Waals surface area contributed by atoms with Crippen molar-refractivity contribution in [2.24, 2.45) is 0 Å². The van der Waals surface area contributed by atoms with Gasteiger partial charge in [-0.2, -0.15) is 0 Å². The first kappa shape index (κ1) is 28.1. The number of rotatable bonds is 10. The van der Waals surface area contributed by atoms with Gasteiger partial charge in [-0.1, -0.05) is 60.3 Å². The van der Waals surface area contributed by atoms with Gasteiger partial charge in [-0.25, -0.2) is 12.8 Å². The van der Waals surface area contributed by atoms with Gasteiger partial charge in [-0.15, -0.1) is 0 Å². The van der Waals surface area contributed by atoms with Crippen molar-refractivity contribution in [3.63, 3.8) is 0 Å². The van der Waals surface area contributed by atoms with Crippen molar-refractivity contribution in [3.05, 3.63) is 64.4 Å². The molecule has 196 valence electrons. The molecule has 2 aromatic rings. The second kappa shape index (κ2) is 12.7. The van der Waals surface area contributed by atoms with E-state index < -0.39 is 34.3 Å². The smallest absolute Gasteiger partial charge is 0.244 e. The molecule has 1 atom stereocenters. The van der Waals surface area contributed by atoms with Crippen LogP contribution in [0.3, 0.4) is 0 Å². The van der Waals surface area contributed by atoms with Gasteiger partial charge in [-0.05, 0) is 55.2 Å². The van der Waals surface area contributed by atoms with Crippen LogP contribution in [0.2, 0.25) is 0 Å². The maximum atomic E-state index is 13.7. The first-order valence-electron chi connectivity index (χ1n) is 12.2. The quantitative estimate of drug-likeness (QED) is 0.444. The van der Waals surface area contributed by atoms with Crippen LogP contribution in [-0.4, -0.2) is 50.0 Å². The van der Waals surface area contributed by atoms with Crippen LogP contribution in [0.1, 0.15) is 51.0 Å². The predicted molar refractivity (Wildman–Crippen MR) is 142 cm³/mol. The Morgan fingerprint density at radius 1 is 1.11 bits per heavy atom. The summed E-state index contributed by atoms with van der Waals surface area (Å²) >= 11 is 3.34. The van der Waals surface area contributed by atoms with Gasteiger partial charge in [0.2, 0.25) is 21.8 Å². The second-order valence-electron chi connectivity index (χ2n) is 9.17. The highest BCUT2D eigenvalue weighted by atomic mass is 79.9. The summed E-state index contributed by atoms with van der Waals surface area (Å²) in [5.41, 5.74) is 0.976. The van der Waals surface area contributed by atoms with Crippen LogP contribution in [0.15, 0.2) is 53.0 Å². The normalized spacial score (nSPS) is 15.2. The molecule has 1 fully saturated rings. The lowest BCUT2D eigenvalue weighted by molar-refractivity contribution is -0.140. The highest BCUT2D eigenvalue weighted by molar-refractivity contribution is 9.10. The first-order chi connectivity index (χ1) is 17.1. The lowest BCUT2D eigenvalue weighted by Gasteiger charge is -2.34. The Morgan fingerprint density at radius 2 is 1.78 bits per heavy atom. The minimum Gasteiger partial charge on any atom is -0.352 e. The number of hydrogen-bond donors (Lipinski definition) is 1. The van der Waals surface area contributed by atoms with E-state index in [1.165, 1.54) is 17.0 Å². The van der Waals surface area contributed by atoms with E-state index in [0.29, 0.717) is 22.1 Å². The van der Waals surface area contributed by atoms with Gasteiger partial charge in [0.1, 0.15) is 18.4 Å². The molecule has 0 aromatic heterocycles. The monoisotopic (exact) mass is 581 g/mol. The first-order valence-corrected chi connectivity index (χ1v) is 14.8. The molecule has 0 heterocycles. The highest BCUT2D eigenvalue weighted by Gasteiger charge is 2.32. The van der Waals surface area contributed by atoms with Crippen LogP contribution in [0.5, 0.6) is 0 Å². The molecule has 2 aromatic carbocycles. The van der Waals surface area contributed by atoms with Crippen LogP contribution in [0.25, 0.3) is 0 Å². The molecule has 1 aliphatic rings. The summed E-state index contributed by atoms with van der Waals surface area (Å²) in [6.45, 7) is 1.40. The van der Waals surface area contributed by atoms with E-state index in [4.69, 9.17) is 0 Å². The van der Waals surface area contributed by atoms with Gasteiger partial charge < -0.3 is 10.2 Å². The number of hydrogen-bond acceptors (Lipinski definition) is 4. The Morgan fingerprint density at radius 3 is 2.36 bits per heavy atom. The summed E-state index contributed by atoms with van der Waals surface area (Å²) in [5, 5.41) is 3.09. The third-order valence-corrected chi connectivity index (χ3v) is 8.01. The predicted octanol–water partition coefficient (Wildman–Crippen LogP) is 4.61. The summed E-state index contributed by atoms with van der Waals surface area (Å²) in [4.78, 5) is 28.4. The summed E-state index contributed by atoms with van der Waals surface area (Å²) in [6, 6.07) is 11.7. The Bertz CT molecular complexity index is 1150. The third-order valence-electron chi connectivity index (χ3n) is 6.38. The van der Waals surface area contributed by atoms with E-state index in [2.05, 4.69) is 21.2 Å². The van der Waals surface area contributed by atoms with Crippen molar-refractivity contribution in [2.75, 3.05) is 17.1 Å². The molecule has 0 radical (unpaired) electrons. The minimum atomic E-state index is -3.80. The standard InChI is InChI=1S/C26H33BrFN3O4S/c1-3-24(26(33)29-22-9-5-4-6-10-22)30(17-19-12-14-21(28)15-13-19)25(32)18-31(36(2,34)35)23-11-7-8-20(27)16-23/h7-8,11-16,22,24H,3-6,9-10,17-18H2,1-2H3,(H,29,33)/t24-/m1/s1. The average Bonchev–Trinajstić information content (AvgIpc) is 2.83. The van der Waals surface area contributed by atoms with E-state index in [1.807, 2.05) is 6.92 Å². The van der Waals surface area contributed by atoms with E-state index in [1.54, 1.807) is 36.4 Å². The fourth-order valence-corrected chi connectivity index (χ4v) is 5.72. The molecule has 0 aliphatic heterocycles. The molecule has 0 spiro atoms. The summed E-state index contributed by atoms with van der Waals surface area (Å²) in [5.74, 6) is -1.18. The van der Waals surface area contributed by atoms with Gasteiger partial charge in [0.05, 0.1) is 11.9 Å². The van der Waals surface area contributed by atoms with E-state index >= 15 is 0 Å². The third kappa shape index (κ3) is 7.77. The molecule has 0 saturated heterocycles. The van der Waals surface area contributed by atoms with Crippen molar-refractivity contribution in [2.45, 2.75) is 64.1 Å². The zero-order valence-corrected chi connectivity index (χ0v) is 23.0. The van der Waals surface area contributed by atoms with Gasteiger partial charge in [0.15, 0.2) is 0 Å². The minimum absolute atomic E-state index is 0.0474. The molecule has 3 rings (SSSR count). The average molecular weight is 583 g/mol. The van der Waals surface area contributed by atoms with Gasteiger partial charge in [-0.3, -0.25) is 13.9 Å². The SMILES string of the molecule is CC[C@H](C(=O)NC1CCCCC1)N(Cc1ccc(F)cc1)C(=O)CN(c1cccc(Br)c1)S(C)(=O)=O. The zero-order chi connectivity index (χ0) is 26.3. The molecule has 36 heavy (non-hydrogen) atoms. The van der Waals surface area contributed by atoms with Crippen LogP contribution in [0.4, 0.5) is 10.1 Å². The number of sulfonamides is 1. The summed E-state index contributed by atoms with van der Waals surface area (Å²) in [7, 11) is -3.80. The van der Waals surface area contributed by atoms with Crippen molar-refractivity contribution < 1.29 is 22.4 Å². The Balaban J connectivity index is 1.90. The molecular formula is C26H33BrFN3O4S. The van der Waals surface area contributed by atoms with E-state index in [0.717, 1.165) is 42.7 Å². The summed E-state index contributed by atoms with van der Waals surface area (Å²) < 4.78 is 40.5. The molecule has 10 heteroatoms. The molecule has 1 aliphatic carbocycles. The number of nitrogens with one attached hydrogen (secondary N) is 1.